The summed E-state index contributed by atoms with van der Waals surface area (Å²) in [5.41, 5.74) is 2.43. The molecule has 136 valence electrons. The molecule has 3 aromatic rings. The van der Waals surface area contributed by atoms with Gasteiger partial charge in [0.1, 0.15) is 5.58 Å². The number of fused-ring (bicyclic) bond motifs is 1. The molecule has 1 amide bonds. The van der Waals surface area contributed by atoms with E-state index in [9.17, 15) is 25.0 Å². The highest BCUT2D eigenvalue weighted by atomic mass is 35.5. The number of nitrogens with zero attached hydrogens (tertiary/aromatic N) is 3. The monoisotopic (exact) mass is 388 g/mol. The van der Waals surface area contributed by atoms with Crippen molar-refractivity contribution in [2.45, 2.75) is 0 Å². The topological polar surface area (TPSA) is 141 Å². The van der Waals surface area contributed by atoms with E-state index in [0.29, 0.717) is 11.0 Å². The molecule has 3 rings (SSSR count). The summed E-state index contributed by atoms with van der Waals surface area (Å²) in [5.74, 6) is -0.806. The van der Waals surface area contributed by atoms with Crippen molar-refractivity contribution in [2.75, 3.05) is 0 Å². The molecule has 0 unspecified atom stereocenters. The molecule has 1 heterocycles. The average Bonchev–Trinajstić information content (AvgIpc) is 3.06. The summed E-state index contributed by atoms with van der Waals surface area (Å²) in [5, 5.41) is 25.9. The third kappa shape index (κ3) is 3.90. The van der Waals surface area contributed by atoms with Crippen LogP contribution in [0, 0.1) is 20.2 Å². The van der Waals surface area contributed by atoms with Gasteiger partial charge in [0.05, 0.1) is 16.1 Å². The van der Waals surface area contributed by atoms with Gasteiger partial charge in [0.2, 0.25) is 0 Å². The van der Waals surface area contributed by atoms with Crippen molar-refractivity contribution in [1.29, 1.82) is 0 Å². The Kier molecular flexibility index (Phi) is 4.81. The zero-order chi connectivity index (χ0) is 19.6. The van der Waals surface area contributed by atoms with Gasteiger partial charge in [-0.15, -0.1) is 0 Å². The van der Waals surface area contributed by atoms with Crippen molar-refractivity contribution >= 4 is 46.1 Å². The van der Waals surface area contributed by atoms with Crippen LogP contribution in [0.2, 0.25) is 5.02 Å². The number of nitro benzene ring substituents is 2. The highest BCUT2D eigenvalue weighted by Crippen LogP contribution is 2.24. The normalized spacial score (nSPS) is 11.0. The number of hydrogen-bond acceptors (Lipinski definition) is 7. The zero-order valence-electron chi connectivity index (χ0n) is 13.3. The number of hydrogen-bond donors (Lipinski definition) is 1. The van der Waals surface area contributed by atoms with Crippen LogP contribution >= 0.6 is 11.6 Å². The quantitative estimate of drug-likeness (QED) is 0.401. The lowest BCUT2D eigenvalue weighted by atomic mass is 10.2. The number of carbonyl (C=O) groups is 1. The first-order valence-electron chi connectivity index (χ1n) is 7.30. The Labute approximate surface area is 155 Å². The maximum Gasteiger partial charge on any atom is 0.307 e. The number of nitrogens with one attached hydrogen (secondary N) is 1. The standard InChI is InChI=1S/C16H9ClN4O6/c17-13-3-1-11(20(23)24)6-10(13)8-18-19-16(22)15-7-9-5-12(21(25)26)2-4-14(9)27-15/h1-8H,(H,19,22)/b18-8-. The molecule has 0 radical (unpaired) electrons. The fourth-order valence-corrected chi connectivity index (χ4v) is 2.38. The van der Waals surface area contributed by atoms with Crippen molar-refractivity contribution < 1.29 is 19.1 Å². The molecule has 27 heavy (non-hydrogen) atoms. The minimum atomic E-state index is -0.702. The summed E-state index contributed by atoms with van der Waals surface area (Å²) in [6.45, 7) is 0. The largest absolute Gasteiger partial charge is 0.451 e. The molecule has 0 aliphatic rings. The first-order valence-corrected chi connectivity index (χ1v) is 7.68. The summed E-state index contributed by atoms with van der Waals surface area (Å²) in [6, 6.07) is 9.06. The fraction of sp³-hybridized carbons (Fsp3) is 0. The number of halogens is 1. The summed E-state index contributed by atoms with van der Waals surface area (Å²) in [7, 11) is 0. The van der Waals surface area contributed by atoms with E-state index < -0.39 is 15.8 Å². The molecule has 1 aromatic heterocycles. The first-order chi connectivity index (χ1) is 12.8. The lowest BCUT2D eigenvalue weighted by Crippen LogP contribution is -2.16. The molecule has 0 aliphatic carbocycles. The maximum absolute atomic E-state index is 12.1. The number of carbonyl (C=O) groups excluding carboxylic acids is 1. The third-order valence-electron chi connectivity index (χ3n) is 3.49. The van der Waals surface area contributed by atoms with Crippen molar-refractivity contribution in [2.24, 2.45) is 5.10 Å². The van der Waals surface area contributed by atoms with Crippen LogP contribution in [0.1, 0.15) is 16.1 Å². The van der Waals surface area contributed by atoms with E-state index in [1.54, 1.807) is 0 Å². The van der Waals surface area contributed by atoms with Crippen molar-refractivity contribution in [3.63, 3.8) is 0 Å². The number of furan rings is 1. The predicted molar refractivity (Wildman–Crippen MR) is 96.0 cm³/mol. The number of non-ortho nitro benzene ring substituents is 2. The third-order valence-corrected chi connectivity index (χ3v) is 3.84. The van der Waals surface area contributed by atoms with Crippen molar-refractivity contribution in [3.8, 4) is 0 Å². The molecule has 0 bridgehead atoms. The molecule has 0 spiro atoms. The first kappa shape index (κ1) is 18.0. The Morgan fingerprint density at radius 3 is 2.44 bits per heavy atom. The Morgan fingerprint density at radius 1 is 1.07 bits per heavy atom. The van der Waals surface area contributed by atoms with Crippen LogP contribution in [0.5, 0.6) is 0 Å². The Morgan fingerprint density at radius 2 is 1.74 bits per heavy atom. The van der Waals surface area contributed by atoms with E-state index in [1.807, 2.05) is 0 Å². The second-order valence-corrected chi connectivity index (χ2v) is 5.66. The van der Waals surface area contributed by atoms with Gasteiger partial charge >= 0.3 is 5.91 Å². The van der Waals surface area contributed by atoms with Gasteiger partial charge in [0.25, 0.3) is 11.4 Å². The number of amides is 1. The maximum atomic E-state index is 12.1. The van der Waals surface area contributed by atoms with Crippen LogP contribution in [0.3, 0.4) is 0 Å². The number of hydrazone groups is 1. The molecule has 10 nitrogen and oxygen atoms in total. The van der Waals surface area contributed by atoms with Crippen LogP contribution in [-0.2, 0) is 0 Å². The second kappa shape index (κ2) is 7.22. The van der Waals surface area contributed by atoms with E-state index in [-0.39, 0.29) is 27.7 Å². The molecule has 11 heteroatoms. The van der Waals surface area contributed by atoms with Crippen LogP contribution in [0.15, 0.2) is 52.0 Å². The predicted octanol–water partition coefficient (Wildman–Crippen LogP) is 3.67. The molecular weight excluding hydrogens is 380 g/mol. The number of benzene rings is 2. The van der Waals surface area contributed by atoms with Gasteiger partial charge in [-0.3, -0.25) is 25.0 Å². The van der Waals surface area contributed by atoms with E-state index >= 15 is 0 Å². The minimum Gasteiger partial charge on any atom is -0.451 e. The zero-order valence-corrected chi connectivity index (χ0v) is 14.0. The number of nitro groups is 2. The fourth-order valence-electron chi connectivity index (χ4n) is 2.22. The van der Waals surface area contributed by atoms with Crippen LogP contribution < -0.4 is 5.43 Å². The summed E-state index contributed by atoms with van der Waals surface area (Å²) in [4.78, 5) is 32.5. The average molecular weight is 389 g/mol. The molecule has 0 saturated carbocycles. The molecule has 1 N–H and O–H groups in total. The molecule has 0 fully saturated rings. The van der Waals surface area contributed by atoms with Crippen LogP contribution in [0.25, 0.3) is 11.0 Å². The van der Waals surface area contributed by atoms with Gasteiger partial charge in [-0.2, -0.15) is 5.10 Å². The Bertz CT molecular complexity index is 1110. The van der Waals surface area contributed by atoms with E-state index in [4.69, 9.17) is 16.0 Å². The van der Waals surface area contributed by atoms with Gasteiger partial charge in [0.15, 0.2) is 5.76 Å². The van der Waals surface area contributed by atoms with Gasteiger partial charge in [-0.25, -0.2) is 5.43 Å². The van der Waals surface area contributed by atoms with Gasteiger partial charge in [-0.1, -0.05) is 11.6 Å². The van der Waals surface area contributed by atoms with E-state index in [0.717, 1.165) is 6.21 Å². The molecule has 0 atom stereocenters. The molecular formula is C16H9ClN4O6. The molecule has 0 aliphatic heterocycles. The van der Waals surface area contributed by atoms with E-state index in [2.05, 4.69) is 10.5 Å². The summed E-state index contributed by atoms with van der Waals surface area (Å²) < 4.78 is 5.32. The highest BCUT2D eigenvalue weighted by molar-refractivity contribution is 6.33. The Balaban J connectivity index is 1.77. The van der Waals surface area contributed by atoms with Crippen LogP contribution in [-0.4, -0.2) is 22.0 Å². The van der Waals surface area contributed by atoms with Gasteiger partial charge in [0, 0.05) is 40.2 Å². The summed E-state index contributed by atoms with van der Waals surface area (Å²) in [6.07, 6.45) is 1.15. The smallest absolute Gasteiger partial charge is 0.307 e. The second-order valence-electron chi connectivity index (χ2n) is 5.25. The van der Waals surface area contributed by atoms with Gasteiger partial charge < -0.3 is 4.42 Å². The highest BCUT2D eigenvalue weighted by Gasteiger charge is 2.15. The molecule has 2 aromatic carbocycles. The van der Waals surface area contributed by atoms with E-state index in [1.165, 1.54) is 42.5 Å². The minimum absolute atomic E-state index is 0.104. The van der Waals surface area contributed by atoms with Crippen LogP contribution in [0.4, 0.5) is 11.4 Å². The molecule has 0 saturated heterocycles. The lowest BCUT2D eigenvalue weighted by molar-refractivity contribution is -0.385. The van der Waals surface area contributed by atoms with Crippen molar-refractivity contribution in [3.05, 3.63) is 79.0 Å². The Hall–Kier alpha value is -3.79. The van der Waals surface area contributed by atoms with Crippen molar-refractivity contribution in [1.82, 2.24) is 5.43 Å². The van der Waals surface area contributed by atoms with Gasteiger partial charge in [-0.05, 0) is 18.2 Å². The summed E-state index contributed by atoms with van der Waals surface area (Å²) >= 11 is 5.93. The SMILES string of the molecule is O=C(N/N=C\c1cc([N+](=O)[O-])ccc1Cl)c1cc2cc([N+](=O)[O-])ccc2o1. The lowest BCUT2D eigenvalue weighted by Gasteiger charge is -1.98. The number of rotatable bonds is 5.